The molecule has 0 aliphatic carbocycles. The Balaban J connectivity index is 3.10. The molecule has 18 heavy (non-hydrogen) atoms. The standard InChI is InChI=1S/C16H24O2/c1-7-18-15(16(4,5)6)14(17)13-9-8-11(2)10-12(13)3/h8-10,15H,7H2,1-6H3. The van der Waals surface area contributed by atoms with E-state index in [2.05, 4.69) is 0 Å². The lowest BCUT2D eigenvalue weighted by Crippen LogP contribution is -2.37. The van der Waals surface area contributed by atoms with E-state index in [-0.39, 0.29) is 17.3 Å². The number of aryl methyl sites for hydroxylation is 2. The van der Waals surface area contributed by atoms with Gasteiger partial charge in [0, 0.05) is 12.2 Å². The quantitative estimate of drug-likeness (QED) is 0.754. The van der Waals surface area contributed by atoms with Crippen molar-refractivity contribution in [3.63, 3.8) is 0 Å². The number of Topliss-reactive ketones (excluding diaryl/α,β-unsaturated/α-hetero) is 1. The van der Waals surface area contributed by atoms with E-state index >= 15 is 0 Å². The molecule has 0 aliphatic heterocycles. The maximum Gasteiger partial charge on any atom is 0.192 e. The van der Waals surface area contributed by atoms with Gasteiger partial charge in [-0.15, -0.1) is 0 Å². The molecule has 100 valence electrons. The number of ketones is 1. The van der Waals surface area contributed by atoms with Gasteiger partial charge >= 0.3 is 0 Å². The average molecular weight is 248 g/mol. The molecule has 0 saturated carbocycles. The average Bonchev–Trinajstić information content (AvgIpc) is 2.23. The molecule has 0 saturated heterocycles. The molecule has 1 atom stereocenters. The molecular weight excluding hydrogens is 224 g/mol. The molecular formula is C16H24O2. The first-order valence-electron chi connectivity index (χ1n) is 6.50. The minimum atomic E-state index is -0.385. The summed E-state index contributed by atoms with van der Waals surface area (Å²) in [6, 6.07) is 5.93. The molecule has 1 aromatic carbocycles. The highest BCUT2D eigenvalue weighted by Gasteiger charge is 2.33. The molecule has 0 aliphatic rings. The fraction of sp³-hybridized carbons (Fsp3) is 0.562. The van der Waals surface area contributed by atoms with Gasteiger partial charge in [-0.2, -0.15) is 0 Å². The Morgan fingerprint density at radius 2 is 1.89 bits per heavy atom. The second kappa shape index (κ2) is 5.66. The Labute approximate surface area is 110 Å². The van der Waals surface area contributed by atoms with Crippen molar-refractivity contribution in [2.75, 3.05) is 6.61 Å². The maximum atomic E-state index is 12.6. The molecule has 1 rings (SSSR count). The SMILES string of the molecule is CCOC(C(=O)c1ccc(C)cc1C)C(C)(C)C. The van der Waals surface area contributed by atoms with E-state index in [1.807, 2.05) is 59.7 Å². The highest BCUT2D eigenvalue weighted by atomic mass is 16.5. The molecule has 0 spiro atoms. The minimum absolute atomic E-state index is 0.0850. The largest absolute Gasteiger partial charge is 0.370 e. The summed E-state index contributed by atoms with van der Waals surface area (Å²) in [5.74, 6) is 0.0850. The predicted octanol–water partition coefficient (Wildman–Crippen LogP) is 3.94. The lowest BCUT2D eigenvalue weighted by Gasteiger charge is -2.29. The molecule has 2 nitrogen and oxygen atoms in total. The zero-order valence-corrected chi connectivity index (χ0v) is 12.3. The van der Waals surface area contributed by atoms with Crippen LogP contribution in [0.15, 0.2) is 18.2 Å². The third-order valence-electron chi connectivity index (χ3n) is 3.01. The van der Waals surface area contributed by atoms with E-state index in [0.29, 0.717) is 6.61 Å². The third kappa shape index (κ3) is 3.42. The van der Waals surface area contributed by atoms with Crippen molar-refractivity contribution in [3.8, 4) is 0 Å². The summed E-state index contributed by atoms with van der Waals surface area (Å²) in [6.07, 6.45) is -0.385. The van der Waals surface area contributed by atoms with Gasteiger partial charge in [-0.05, 0) is 31.7 Å². The van der Waals surface area contributed by atoms with E-state index < -0.39 is 0 Å². The van der Waals surface area contributed by atoms with E-state index in [0.717, 1.165) is 11.1 Å². The van der Waals surface area contributed by atoms with E-state index in [9.17, 15) is 4.79 Å². The number of ether oxygens (including phenoxy) is 1. The van der Waals surface area contributed by atoms with Gasteiger partial charge in [-0.25, -0.2) is 0 Å². The van der Waals surface area contributed by atoms with Crippen LogP contribution in [0.4, 0.5) is 0 Å². The molecule has 0 N–H and O–H groups in total. The summed E-state index contributed by atoms with van der Waals surface area (Å²) in [5.41, 5.74) is 2.78. The van der Waals surface area contributed by atoms with Gasteiger partial charge < -0.3 is 4.74 Å². The smallest absolute Gasteiger partial charge is 0.192 e. The van der Waals surface area contributed by atoms with E-state index in [1.54, 1.807) is 0 Å². The first-order chi connectivity index (χ1) is 8.27. The summed E-state index contributed by atoms with van der Waals surface area (Å²) >= 11 is 0. The molecule has 0 amide bonds. The molecule has 1 aromatic rings. The van der Waals surface area contributed by atoms with Crippen LogP contribution in [-0.2, 0) is 4.74 Å². The van der Waals surface area contributed by atoms with Crippen molar-refractivity contribution in [2.24, 2.45) is 5.41 Å². The third-order valence-corrected chi connectivity index (χ3v) is 3.01. The second-order valence-corrected chi connectivity index (χ2v) is 5.88. The van der Waals surface area contributed by atoms with Crippen LogP contribution in [0.25, 0.3) is 0 Å². The number of benzene rings is 1. The summed E-state index contributed by atoms with van der Waals surface area (Å²) in [5, 5.41) is 0. The molecule has 0 radical (unpaired) electrons. The van der Waals surface area contributed by atoms with Gasteiger partial charge in [-0.3, -0.25) is 4.79 Å². The van der Waals surface area contributed by atoms with Crippen LogP contribution in [0.3, 0.4) is 0 Å². The summed E-state index contributed by atoms with van der Waals surface area (Å²) in [4.78, 5) is 12.6. The fourth-order valence-electron chi connectivity index (χ4n) is 2.12. The number of carbonyl (C=O) groups excluding carboxylic acids is 1. The summed E-state index contributed by atoms with van der Waals surface area (Å²) < 4.78 is 5.66. The van der Waals surface area contributed by atoms with Crippen LogP contribution in [0.5, 0.6) is 0 Å². The van der Waals surface area contributed by atoms with Gasteiger partial charge in [0.05, 0.1) is 0 Å². The topological polar surface area (TPSA) is 26.3 Å². The number of rotatable bonds is 4. The van der Waals surface area contributed by atoms with Gasteiger partial charge in [0.2, 0.25) is 0 Å². The molecule has 1 unspecified atom stereocenters. The lowest BCUT2D eigenvalue weighted by atomic mass is 9.83. The molecule has 0 heterocycles. The molecule has 0 fully saturated rings. The number of carbonyl (C=O) groups is 1. The number of hydrogen-bond acceptors (Lipinski definition) is 2. The van der Waals surface area contributed by atoms with Crippen LogP contribution < -0.4 is 0 Å². The van der Waals surface area contributed by atoms with Crippen molar-refractivity contribution in [1.29, 1.82) is 0 Å². The normalized spacial score (nSPS) is 13.4. The van der Waals surface area contributed by atoms with E-state index in [1.165, 1.54) is 5.56 Å². The molecule has 0 bridgehead atoms. The Morgan fingerprint density at radius 1 is 1.28 bits per heavy atom. The monoisotopic (exact) mass is 248 g/mol. The first-order valence-corrected chi connectivity index (χ1v) is 6.50. The van der Waals surface area contributed by atoms with Crippen LogP contribution in [-0.4, -0.2) is 18.5 Å². The number of hydrogen-bond donors (Lipinski definition) is 0. The zero-order valence-electron chi connectivity index (χ0n) is 12.3. The molecule has 2 heteroatoms. The van der Waals surface area contributed by atoms with Crippen molar-refractivity contribution < 1.29 is 9.53 Å². The Hall–Kier alpha value is -1.15. The predicted molar refractivity (Wildman–Crippen MR) is 75.1 cm³/mol. The van der Waals surface area contributed by atoms with Crippen molar-refractivity contribution in [1.82, 2.24) is 0 Å². The Kier molecular flexibility index (Phi) is 4.69. The second-order valence-electron chi connectivity index (χ2n) is 5.88. The Morgan fingerprint density at radius 3 is 2.33 bits per heavy atom. The Bertz CT molecular complexity index is 427. The highest BCUT2D eigenvalue weighted by Crippen LogP contribution is 2.26. The van der Waals surface area contributed by atoms with Gasteiger partial charge in [0.15, 0.2) is 5.78 Å². The summed E-state index contributed by atoms with van der Waals surface area (Å²) in [7, 11) is 0. The van der Waals surface area contributed by atoms with E-state index in [4.69, 9.17) is 4.74 Å². The van der Waals surface area contributed by atoms with Crippen LogP contribution in [0.2, 0.25) is 0 Å². The van der Waals surface area contributed by atoms with Crippen molar-refractivity contribution >= 4 is 5.78 Å². The zero-order chi connectivity index (χ0) is 13.9. The van der Waals surface area contributed by atoms with Crippen molar-refractivity contribution in [3.05, 3.63) is 34.9 Å². The van der Waals surface area contributed by atoms with Gasteiger partial charge in [0.1, 0.15) is 6.10 Å². The highest BCUT2D eigenvalue weighted by molar-refractivity contribution is 6.01. The van der Waals surface area contributed by atoms with Crippen molar-refractivity contribution in [2.45, 2.75) is 47.6 Å². The minimum Gasteiger partial charge on any atom is -0.370 e. The first kappa shape index (κ1) is 14.9. The van der Waals surface area contributed by atoms with Gasteiger partial charge in [0.25, 0.3) is 0 Å². The van der Waals surface area contributed by atoms with Crippen LogP contribution in [0, 0.1) is 19.3 Å². The van der Waals surface area contributed by atoms with Gasteiger partial charge in [-0.1, -0.05) is 44.5 Å². The van der Waals surface area contributed by atoms with Crippen LogP contribution >= 0.6 is 0 Å². The fourth-order valence-corrected chi connectivity index (χ4v) is 2.12. The summed E-state index contributed by atoms with van der Waals surface area (Å²) in [6.45, 7) is 12.6. The van der Waals surface area contributed by atoms with Crippen LogP contribution in [0.1, 0.15) is 49.2 Å². The molecule has 0 aromatic heterocycles. The lowest BCUT2D eigenvalue weighted by molar-refractivity contribution is -0.000263. The maximum absolute atomic E-state index is 12.6.